The standard InChI is InChI=1S/C30H55N3O2/c1-2-3-4-5-6-7-8-9-10-11-12-13-14-15-16-17-18-19-20-21-22-23-29-32-25-27-33(29,26-24-31)28-30(34)35/h2,25,27H,1,3-24,26,28,31H2. The van der Waals surface area contributed by atoms with Gasteiger partial charge in [0.15, 0.2) is 0 Å². The maximum Gasteiger partial charge on any atom is 0.207 e. The van der Waals surface area contributed by atoms with Crippen molar-refractivity contribution in [3.8, 4) is 0 Å². The smallest absolute Gasteiger partial charge is 0.207 e. The van der Waals surface area contributed by atoms with E-state index in [1.165, 1.54) is 122 Å². The highest BCUT2D eigenvalue weighted by molar-refractivity contribution is 5.80. The molecular formula is C30H55N3O2. The van der Waals surface area contributed by atoms with Gasteiger partial charge >= 0.3 is 0 Å². The van der Waals surface area contributed by atoms with E-state index in [1.807, 2.05) is 12.3 Å². The van der Waals surface area contributed by atoms with Crippen LogP contribution in [0.1, 0.15) is 135 Å². The summed E-state index contributed by atoms with van der Waals surface area (Å²) in [5, 5.41) is 11.2. The lowest BCUT2D eigenvalue weighted by Gasteiger charge is -2.32. The molecule has 0 aliphatic carbocycles. The van der Waals surface area contributed by atoms with Gasteiger partial charge in [-0.3, -0.25) is 0 Å². The predicted octanol–water partition coefficient (Wildman–Crippen LogP) is 6.77. The van der Waals surface area contributed by atoms with Gasteiger partial charge < -0.3 is 15.6 Å². The number of nitrogens with two attached hydrogens (primary N) is 1. The first kappa shape index (κ1) is 31.6. The fourth-order valence-electron chi connectivity index (χ4n) is 5.20. The van der Waals surface area contributed by atoms with Crippen LogP contribution in [0.2, 0.25) is 0 Å². The van der Waals surface area contributed by atoms with Crippen molar-refractivity contribution in [3.05, 3.63) is 25.1 Å². The fraction of sp³-hybridized carbons (Fsp3) is 0.800. The van der Waals surface area contributed by atoms with E-state index in [0.29, 0.717) is 13.1 Å². The summed E-state index contributed by atoms with van der Waals surface area (Å²) >= 11 is 0. The van der Waals surface area contributed by atoms with Crippen molar-refractivity contribution in [3.63, 3.8) is 0 Å². The minimum atomic E-state index is -1.05. The van der Waals surface area contributed by atoms with Gasteiger partial charge in [0.25, 0.3) is 0 Å². The number of unbranched alkanes of at least 4 members (excludes halogenated alkanes) is 19. The lowest BCUT2D eigenvalue weighted by molar-refractivity contribution is -0.780. The van der Waals surface area contributed by atoms with Crippen molar-refractivity contribution in [1.82, 2.24) is 0 Å². The van der Waals surface area contributed by atoms with Gasteiger partial charge in [-0.15, -0.1) is 6.58 Å². The molecule has 0 aromatic rings. The summed E-state index contributed by atoms with van der Waals surface area (Å²) in [5.41, 5.74) is 5.72. The number of hydrogen-bond donors (Lipinski definition) is 1. The van der Waals surface area contributed by atoms with E-state index in [9.17, 15) is 9.90 Å². The molecule has 0 aromatic heterocycles. The van der Waals surface area contributed by atoms with E-state index in [1.54, 1.807) is 6.20 Å². The summed E-state index contributed by atoms with van der Waals surface area (Å²) in [6, 6.07) is 0. The van der Waals surface area contributed by atoms with Gasteiger partial charge in [-0.25, -0.2) is 9.48 Å². The maximum atomic E-state index is 11.2. The molecule has 1 aliphatic rings. The van der Waals surface area contributed by atoms with Gasteiger partial charge in [-0.05, 0) is 19.3 Å². The molecule has 0 radical (unpaired) electrons. The number of carbonyl (C=O) groups is 1. The number of rotatable bonds is 26. The summed E-state index contributed by atoms with van der Waals surface area (Å²) in [7, 11) is 0. The van der Waals surface area contributed by atoms with Crippen LogP contribution in [0, 0.1) is 0 Å². The van der Waals surface area contributed by atoms with Gasteiger partial charge in [0.2, 0.25) is 5.84 Å². The van der Waals surface area contributed by atoms with E-state index < -0.39 is 5.97 Å². The zero-order valence-corrected chi connectivity index (χ0v) is 22.7. The number of aliphatic carboxylic acids is 1. The molecule has 0 saturated carbocycles. The van der Waals surface area contributed by atoms with Crippen molar-refractivity contribution < 1.29 is 14.4 Å². The van der Waals surface area contributed by atoms with Crippen LogP contribution in [-0.4, -0.2) is 35.9 Å². The summed E-state index contributed by atoms with van der Waals surface area (Å²) in [4.78, 5) is 15.6. The van der Waals surface area contributed by atoms with Gasteiger partial charge in [0.05, 0.1) is 12.2 Å². The van der Waals surface area contributed by atoms with E-state index in [2.05, 4.69) is 11.6 Å². The molecule has 202 valence electrons. The number of nitrogens with zero attached hydrogens (tertiary/aromatic N) is 2. The normalized spacial score (nSPS) is 17.1. The zero-order chi connectivity index (χ0) is 25.5. The number of carboxylic acid groups (broad SMARTS) is 1. The number of carbonyl (C=O) groups excluding carboxylic acids is 1. The third-order valence-corrected chi connectivity index (χ3v) is 7.34. The Morgan fingerprint density at radius 3 is 1.63 bits per heavy atom. The average Bonchev–Trinajstić information content (AvgIpc) is 3.21. The number of carboxylic acids is 1. The minimum absolute atomic E-state index is 0.0660. The molecule has 1 heterocycles. The fourth-order valence-corrected chi connectivity index (χ4v) is 5.20. The Labute approximate surface area is 216 Å². The molecule has 1 atom stereocenters. The lowest BCUT2D eigenvalue weighted by Crippen LogP contribution is -2.55. The first-order valence-corrected chi connectivity index (χ1v) is 14.8. The molecule has 0 bridgehead atoms. The summed E-state index contributed by atoms with van der Waals surface area (Å²) in [5.74, 6) is -0.121. The molecule has 5 heteroatoms. The monoisotopic (exact) mass is 489 g/mol. The van der Waals surface area contributed by atoms with Gasteiger partial charge in [-0.1, -0.05) is 115 Å². The molecule has 0 aromatic carbocycles. The molecule has 1 unspecified atom stereocenters. The summed E-state index contributed by atoms with van der Waals surface area (Å²) < 4.78 is 0.246. The largest absolute Gasteiger partial charge is 0.544 e. The van der Waals surface area contributed by atoms with Crippen molar-refractivity contribution in [2.75, 3.05) is 19.6 Å². The first-order chi connectivity index (χ1) is 17.1. The van der Waals surface area contributed by atoms with E-state index >= 15 is 0 Å². The Morgan fingerprint density at radius 2 is 1.23 bits per heavy atom. The highest BCUT2D eigenvalue weighted by Gasteiger charge is 2.34. The molecule has 1 rings (SSSR count). The summed E-state index contributed by atoms with van der Waals surface area (Å²) in [6.45, 7) is 4.73. The van der Waals surface area contributed by atoms with Gasteiger partial charge in [0, 0.05) is 13.0 Å². The van der Waals surface area contributed by atoms with Crippen molar-refractivity contribution in [2.45, 2.75) is 135 Å². The van der Waals surface area contributed by atoms with E-state index in [4.69, 9.17) is 5.73 Å². The lowest BCUT2D eigenvalue weighted by atomic mass is 10.0. The average molecular weight is 490 g/mol. The molecule has 1 aliphatic heterocycles. The summed E-state index contributed by atoms with van der Waals surface area (Å²) in [6.07, 6.45) is 33.4. The van der Waals surface area contributed by atoms with Crippen LogP contribution in [-0.2, 0) is 4.79 Å². The second-order valence-corrected chi connectivity index (χ2v) is 10.5. The topological polar surface area (TPSA) is 78.5 Å². The second kappa shape index (κ2) is 21.8. The van der Waals surface area contributed by atoms with Crippen LogP contribution in [0.3, 0.4) is 0 Å². The van der Waals surface area contributed by atoms with Crippen LogP contribution in [0.15, 0.2) is 30.0 Å². The Morgan fingerprint density at radius 1 is 0.800 bits per heavy atom. The second-order valence-electron chi connectivity index (χ2n) is 10.5. The molecular weight excluding hydrogens is 434 g/mol. The van der Waals surface area contributed by atoms with Gasteiger partial charge in [-0.2, -0.15) is 0 Å². The molecule has 0 saturated heterocycles. The van der Waals surface area contributed by atoms with Crippen LogP contribution in [0.5, 0.6) is 0 Å². The quantitative estimate of drug-likeness (QED) is 0.0827. The molecule has 2 N–H and O–H groups in total. The SMILES string of the molecule is C=CCCCCCCCCCCCCCCCCCCCCCC1=NC=C[N+]1(CCN)CC(=O)[O-]. The number of aliphatic imine (C=N–C) groups is 1. The van der Waals surface area contributed by atoms with Crippen LogP contribution in [0.4, 0.5) is 0 Å². The molecule has 0 amide bonds. The van der Waals surface area contributed by atoms with Gasteiger partial charge in [0.1, 0.15) is 19.3 Å². The van der Waals surface area contributed by atoms with Crippen LogP contribution < -0.4 is 10.8 Å². The highest BCUT2D eigenvalue weighted by atomic mass is 16.4. The zero-order valence-electron chi connectivity index (χ0n) is 22.7. The third-order valence-electron chi connectivity index (χ3n) is 7.34. The van der Waals surface area contributed by atoms with Crippen molar-refractivity contribution >= 4 is 11.8 Å². The molecule has 5 nitrogen and oxygen atoms in total. The van der Waals surface area contributed by atoms with Crippen molar-refractivity contribution in [1.29, 1.82) is 0 Å². The Hall–Kier alpha value is -1.46. The number of allylic oxidation sites excluding steroid dienone is 1. The first-order valence-electron chi connectivity index (χ1n) is 14.8. The number of hydrogen-bond acceptors (Lipinski definition) is 4. The molecule has 0 fully saturated rings. The third kappa shape index (κ3) is 16.0. The Bertz CT molecular complexity index is 602. The van der Waals surface area contributed by atoms with Crippen LogP contribution in [0.25, 0.3) is 0 Å². The number of amidine groups is 1. The Balaban J connectivity index is 1.85. The Kier molecular flexibility index (Phi) is 19.7. The van der Waals surface area contributed by atoms with Crippen LogP contribution >= 0.6 is 0 Å². The molecule has 35 heavy (non-hydrogen) atoms. The maximum absolute atomic E-state index is 11.2. The highest BCUT2D eigenvalue weighted by Crippen LogP contribution is 2.21. The predicted molar refractivity (Wildman–Crippen MR) is 148 cm³/mol. The van der Waals surface area contributed by atoms with E-state index in [-0.39, 0.29) is 11.0 Å². The molecule has 0 spiro atoms. The van der Waals surface area contributed by atoms with E-state index in [0.717, 1.165) is 18.7 Å². The van der Waals surface area contributed by atoms with Crippen molar-refractivity contribution in [2.24, 2.45) is 10.7 Å². The minimum Gasteiger partial charge on any atom is -0.544 e. The number of quaternary nitrogens is 1.